The molecule has 2 amide bonds. The minimum absolute atomic E-state index is 0.0396. The third kappa shape index (κ3) is 5.30. The molecule has 3 aromatic rings. The summed E-state index contributed by atoms with van der Waals surface area (Å²) in [5.74, 6) is -0.404. The molecular formula is C24H18ClNO5S2. The van der Waals surface area contributed by atoms with Crippen LogP contribution in [-0.4, -0.2) is 24.5 Å². The quantitative estimate of drug-likeness (QED) is 0.322. The van der Waals surface area contributed by atoms with Crippen molar-refractivity contribution in [2.45, 2.75) is 18.4 Å². The van der Waals surface area contributed by atoms with Crippen molar-refractivity contribution in [2.24, 2.45) is 0 Å². The van der Waals surface area contributed by atoms with Gasteiger partial charge >= 0.3 is 10.1 Å². The molecule has 4 rings (SSSR count). The van der Waals surface area contributed by atoms with Crippen molar-refractivity contribution in [3.8, 4) is 5.75 Å². The van der Waals surface area contributed by atoms with Crippen LogP contribution in [0.25, 0.3) is 6.08 Å². The number of carbonyl (C=O) groups excluding carboxylic acids is 2. The Bertz CT molecular complexity index is 1350. The average Bonchev–Trinajstić information content (AvgIpc) is 3.04. The Kier molecular flexibility index (Phi) is 6.60. The van der Waals surface area contributed by atoms with Gasteiger partial charge in [-0.1, -0.05) is 59.6 Å². The van der Waals surface area contributed by atoms with Crippen LogP contribution < -0.4 is 4.18 Å². The van der Waals surface area contributed by atoms with Crippen LogP contribution in [0.3, 0.4) is 0 Å². The van der Waals surface area contributed by atoms with Crippen LogP contribution in [-0.2, 0) is 21.5 Å². The van der Waals surface area contributed by atoms with Crippen LogP contribution in [0.5, 0.6) is 5.75 Å². The molecule has 0 atom stereocenters. The molecule has 0 aromatic heterocycles. The lowest BCUT2D eigenvalue weighted by molar-refractivity contribution is -0.123. The molecule has 1 aliphatic heterocycles. The summed E-state index contributed by atoms with van der Waals surface area (Å²) >= 11 is 6.63. The van der Waals surface area contributed by atoms with Gasteiger partial charge < -0.3 is 4.18 Å². The van der Waals surface area contributed by atoms with Gasteiger partial charge in [-0.15, -0.1) is 0 Å². The Hall–Kier alpha value is -3.07. The number of carbonyl (C=O) groups is 2. The number of nitrogens with zero attached hydrogens (tertiary/aromatic N) is 1. The fraction of sp³-hybridized carbons (Fsp3) is 0.0833. The number of para-hydroxylation sites is 1. The summed E-state index contributed by atoms with van der Waals surface area (Å²) in [6, 6.07) is 19.6. The lowest BCUT2D eigenvalue weighted by Gasteiger charge is -2.12. The van der Waals surface area contributed by atoms with Gasteiger partial charge in [0, 0.05) is 10.6 Å². The fourth-order valence-electron chi connectivity index (χ4n) is 3.10. The van der Waals surface area contributed by atoms with E-state index in [1.807, 2.05) is 31.2 Å². The monoisotopic (exact) mass is 499 g/mol. The summed E-state index contributed by atoms with van der Waals surface area (Å²) < 4.78 is 30.7. The van der Waals surface area contributed by atoms with Crippen molar-refractivity contribution < 1.29 is 22.2 Å². The first-order chi connectivity index (χ1) is 15.7. The molecule has 0 saturated carbocycles. The summed E-state index contributed by atoms with van der Waals surface area (Å²) in [5.41, 5.74) is 2.27. The smallest absolute Gasteiger partial charge is 0.339 e. The molecule has 3 aromatic carbocycles. The van der Waals surface area contributed by atoms with Gasteiger partial charge in [0.25, 0.3) is 11.1 Å². The minimum atomic E-state index is -4.12. The number of amides is 2. The van der Waals surface area contributed by atoms with E-state index >= 15 is 0 Å². The number of thioether (sulfide) groups is 1. The first-order valence-corrected chi connectivity index (χ1v) is 12.4. The van der Waals surface area contributed by atoms with Gasteiger partial charge in [-0.05, 0) is 60.7 Å². The highest BCUT2D eigenvalue weighted by Gasteiger charge is 2.35. The molecule has 1 aliphatic rings. The van der Waals surface area contributed by atoms with Crippen LogP contribution in [0, 0.1) is 6.92 Å². The predicted molar refractivity (Wildman–Crippen MR) is 128 cm³/mol. The highest BCUT2D eigenvalue weighted by molar-refractivity contribution is 8.18. The van der Waals surface area contributed by atoms with E-state index in [1.54, 1.807) is 18.2 Å². The van der Waals surface area contributed by atoms with Gasteiger partial charge in [-0.25, -0.2) is 0 Å². The van der Waals surface area contributed by atoms with Crippen LogP contribution in [0.2, 0.25) is 5.02 Å². The number of halogens is 1. The van der Waals surface area contributed by atoms with E-state index in [0.29, 0.717) is 10.6 Å². The normalized spacial score (nSPS) is 15.3. The SMILES string of the molecule is Cc1ccc(CN2C(=O)S/C(=C\c3ccccc3OS(=O)(=O)c3ccc(Cl)cc3)C2=O)cc1. The zero-order chi connectivity index (χ0) is 23.6. The van der Waals surface area contributed by atoms with Crippen molar-refractivity contribution >= 4 is 50.7 Å². The second-order valence-electron chi connectivity index (χ2n) is 7.28. The Labute approximate surface area is 200 Å². The van der Waals surface area contributed by atoms with Crippen molar-refractivity contribution in [3.05, 3.63) is 99.4 Å². The molecule has 1 fully saturated rings. The van der Waals surface area contributed by atoms with Crippen LogP contribution in [0.1, 0.15) is 16.7 Å². The first kappa shape index (κ1) is 23.1. The molecule has 1 saturated heterocycles. The molecule has 0 spiro atoms. The molecular weight excluding hydrogens is 482 g/mol. The van der Waals surface area contributed by atoms with Gasteiger partial charge in [-0.3, -0.25) is 14.5 Å². The molecule has 0 unspecified atom stereocenters. The van der Waals surface area contributed by atoms with Crippen molar-refractivity contribution in [3.63, 3.8) is 0 Å². The maximum atomic E-state index is 12.9. The molecule has 6 nitrogen and oxygen atoms in total. The number of hydrogen-bond donors (Lipinski definition) is 0. The maximum absolute atomic E-state index is 12.9. The van der Waals surface area contributed by atoms with Crippen molar-refractivity contribution in [2.75, 3.05) is 0 Å². The summed E-state index contributed by atoms with van der Waals surface area (Å²) in [7, 11) is -4.12. The Balaban J connectivity index is 1.58. The van der Waals surface area contributed by atoms with E-state index < -0.39 is 16.0 Å². The zero-order valence-electron chi connectivity index (χ0n) is 17.4. The molecule has 0 aliphatic carbocycles. The maximum Gasteiger partial charge on any atom is 0.339 e. The second kappa shape index (κ2) is 9.43. The summed E-state index contributed by atoms with van der Waals surface area (Å²) in [4.78, 5) is 26.7. The third-order valence-electron chi connectivity index (χ3n) is 4.84. The molecule has 0 radical (unpaired) electrons. The van der Waals surface area contributed by atoms with E-state index in [-0.39, 0.29) is 27.3 Å². The Morgan fingerprint density at radius 1 is 0.970 bits per heavy atom. The topological polar surface area (TPSA) is 80.8 Å². The van der Waals surface area contributed by atoms with Crippen molar-refractivity contribution in [1.29, 1.82) is 0 Å². The third-order valence-corrected chi connectivity index (χ3v) is 7.25. The standard InChI is InChI=1S/C24H18ClNO5S2/c1-16-6-8-17(9-7-16)15-26-23(27)22(32-24(26)28)14-18-4-2-3-5-21(18)31-33(29,30)20-12-10-19(25)11-13-20/h2-14H,15H2,1H3/b22-14-. The predicted octanol–water partition coefficient (Wildman–Crippen LogP) is 5.65. The summed E-state index contributed by atoms with van der Waals surface area (Å²) in [6.45, 7) is 2.12. The lowest BCUT2D eigenvalue weighted by atomic mass is 10.1. The van der Waals surface area contributed by atoms with Gasteiger partial charge in [0.15, 0.2) is 0 Å². The van der Waals surface area contributed by atoms with E-state index in [0.717, 1.165) is 27.8 Å². The number of hydrogen-bond acceptors (Lipinski definition) is 6. The molecule has 168 valence electrons. The lowest BCUT2D eigenvalue weighted by Crippen LogP contribution is -2.27. The fourth-order valence-corrected chi connectivity index (χ4v) is 5.01. The van der Waals surface area contributed by atoms with E-state index in [2.05, 4.69) is 0 Å². The molecule has 0 N–H and O–H groups in total. The second-order valence-corrected chi connectivity index (χ2v) is 10.3. The highest BCUT2D eigenvalue weighted by Crippen LogP contribution is 2.35. The van der Waals surface area contributed by atoms with E-state index in [4.69, 9.17) is 15.8 Å². The van der Waals surface area contributed by atoms with Gasteiger partial charge in [0.05, 0.1) is 11.4 Å². The number of rotatable bonds is 6. The number of imide groups is 1. The molecule has 9 heteroatoms. The minimum Gasteiger partial charge on any atom is -0.378 e. The van der Waals surface area contributed by atoms with Gasteiger partial charge in [0.2, 0.25) is 0 Å². The number of benzene rings is 3. The molecule has 0 bridgehead atoms. The van der Waals surface area contributed by atoms with E-state index in [1.165, 1.54) is 36.4 Å². The van der Waals surface area contributed by atoms with E-state index in [9.17, 15) is 18.0 Å². The molecule has 33 heavy (non-hydrogen) atoms. The van der Waals surface area contributed by atoms with Gasteiger partial charge in [-0.2, -0.15) is 8.42 Å². The Morgan fingerprint density at radius 3 is 2.33 bits per heavy atom. The largest absolute Gasteiger partial charge is 0.378 e. The first-order valence-electron chi connectivity index (χ1n) is 9.83. The number of aryl methyl sites for hydroxylation is 1. The summed E-state index contributed by atoms with van der Waals surface area (Å²) in [5, 5.41) is 0.00900. The van der Waals surface area contributed by atoms with Crippen molar-refractivity contribution in [1.82, 2.24) is 4.90 Å². The van der Waals surface area contributed by atoms with Gasteiger partial charge in [0.1, 0.15) is 10.6 Å². The summed E-state index contributed by atoms with van der Waals surface area (Å²) in [6.07, 6.45) is 1.47. The van der Waals surface area contributed by atoms with Crippen LogP contribution in [0.4, 0.5) is 4.79 Å². The molecule has 1 heterocycles. The zero-order valence-corrected chi connectivity index (χ0v) is 19.8. The van der Waals surface area contributed by atoms with Crippen LogP contribution >= 0.6 is 23.4 Å². The highest BCUT2D eigenvalue weighted by atomic mass is 35.5. The average molecular weight is 500 g/mol. The Morgan fingerprint density at radius 2 is 1.64 bits per heavy atom. The van der Waals surface area contributed by atoms with Crippen LogP contribution in [0.15, 0.2) is 82.6 Å².